The third-order valence-corrected chi connectivity index (χ3v) is 4.85. The smallest absolute Gasteiger partial charge is 0.223 e. The lowest BCUT2D eigenvalue weighted by Crippen LogP contribution is -2.34. The molecule has 0 aliphatic carbocycles. The van der Waals surface area contributed by atoms with Crippen LogP contribution in [0, 0.1) is 25.2 Å². The average molecular weight is 472 g/mol. The summed E-state index contributed by atoms with van der Waals surface area (Å²) in [4.78, 5) is 23.7. The van der Waals surface area contributed by atoms with E-state index in [9.17, 15) is 9.59 Å². The molecule has 0 radical (unpaired) electrons. The Kier molecular flexibility index (Phi) is 16.4. The standard InChI is InChI=1S/C11H11NO2.C10H19NO.C4H5NO.C2H6/c1-3-9-4-5-10(7-12-8-13)11(6-9)14-2;1-8(2)7-10(12)11-6-4-5-9(11)3;1-4-2-3-6-5-4;1-2/h1,4-6,8H,7H2,2H3,(H,12,13);8-9H,4-7H2,1-3H3;2-3H,1H3;1-2H3. The molecule has 1 atom stereocenters. The molecule has 188 valence electrons. The van der Waals surface area contributed by atoms with Gasteiger partial charge in [-0.3, -0.25) is 9.59 Å². The van der Waals surface area contributed by atoms with Crippen LogP contribution < -0.4 is 10.1 Å². The first-order valence-corrected chi connectivity index (χ1v) is 11.8. The van der Waals surface area contributed by atoms with Crippen LogP contribution in [0.2, 0.25) is 0 Å². The van der Waals surface area contributed by atoms with E-state index >= 15 is 0 Å². The number of ether oxygens (including phenoxy) is 1. The normalized spacial score (nSPS) is 13.7. The van der Waals surface area contributed by atoms with E-state index in [4.69, 9.17) is 11.2 Å². The molecule has 1 aromatic carbocycles. The van der Waals surface area contributed by atoms with E-state index in [1.807, 2.05) is 37.8 Å². The molecule has 2 aromatic rings. The van der Waals surface area contributed by atoms with Gasteiger partial charge in [0.25, 0.3) is 0 Å². The number of aromatic nitrogens is 1. The van der Waals surface area contributed by atoms with E-state index < -0.39 is 0 Å². The molecule has 7 heteroatoms. The van der Waals surface area contributed by atoms with Gasteiger partial charge in [-0.1, -0.05) is 44.8 Å². The number of carbonyl (C=O) groups excluding carboxylic acids is 2. The first kappa shape index (κ1) is 30.7. The first-order valence-electron chi connectivity index (χ1n) is 11.8. The third kappa shape index (κ3) is 12.1. The third-order valence-electron chi connectivity index (χ3n) is 4.85. The fourth-order valence-electron chi connectivity index (χ4n) is 3.18. The summed E-state index contributed by atoms with van der Waals surface area (Å²) in [5.74, 6) is 4.04. The fraction of sp³-hybridized carbons (Fsp3) is 0.519. The number of likely N-dealkylation sites (tertiary alicyclic amines) is 1. The van der Waals surface area contributed by atoms with Crippen molar-refractivity contribution in [2.45, 2.75) is 73.4 Å². The van der Waals surface area contributed by atoms with Crippen LogP contribution in [0.5, 0.6) is 5.75 Å². The number of nitrogens with zero attached hydrogens (tertiary/aromatic N) is 2. The minimum atomic E-state index is 0.343. The van der Waals surface area contributed by atoms with Crippen molar-refractivity contribution in [3.63, 3.8) is 0 Å². The molecule has 34 heavy (non-hydrogen) atoms. The zero-order valence-electron chi connectivity index (χ0n) is 21.8. The lowest BCUT2D eigenvalue weighted by molar-refractivity contribution is -0.132. The van der Waals surface area contributed by atoms with Gasteiger partial charge in [-0.05, 0) is 44.7 Å². The topological polar surface area (TPSA) is 84.7 Å². The Morgan fingerprint density at radius 1 is 1.38 bits per heavy atom. The Labute approximate surface area is 205 Å². The maximum Gasteiger partial charge on any atom is 0.223 e. The minimum Gasteiger partial charge on any atom is -0.496 e. The molecule has 0 saturated carbocycles. The van der Waals surface area contributed by atoms with Gasteiger partial charge in [-0.25, -0.2) is 0 Å². The molecule has 0 spiro atoms. The van der Waals surface area contributed by atoms with Gasteiger partial charge in [0.1, 0.15) is 12.0 Å². The molecule has 1 aromatic heterocycles. The quantitative estimate of drug-likeness (QED) is 0.475. The Bertz CT molecular complexity index is 857. The van der Waals surface area contributed by atoms with Crippen LogP contribution in [0.25, 0.3) is 0 Å². The second kappa shape index (κ2) is 18.2. The predicted molar refractivity (Wildman–Crippen MR) is 136 cm³/mol. The van der Waals surface area contributed by atoms with Gasteiger partial charge >= 0.3 is 0 Å². The molecule has 3 rings (SSSR count). The highest BCUT2D eigenvalue weighted by atomic mass is 16.5. The number of aryl methyl sites for hydroxylation is 1. The second-order valence-corrected chi connectivity index (χ2v) is 7.99. The van der Waals surface area contributed by atoms with E-state index in [1.165, 1.54) is 12.8 Å². The molecule has 1 aliphatic heterocycles. The molecule has 1 fully saturated rings. The zero-order valence-corrected chi connectivity index (χ0v) is 21.8. The lowest BCUT2D eigenvalue weighted by Gasteiger charge is -2.22. The summed E-state index contributed by atoms with van der Waals surface area (Å²) in [5.41, 5.74) is 2.59. The largest absolute Gasteiger partial charge is 0.496 e. The molecule has 1 aliphatic rings. The van der Waals surface area contributed by atoms with Crippen LogP contribution in [0.3, 0.4) is 0 Å². The molecule has 1 N–H and O–H groups in total. The van der Waals surface area contributed by atoms with Crippen molar-refractivity contribution >= 4 is 12.3 Å². The van der Waals surface area contributed by atoms with Gasteiger partial charge < -0.3 is 19.5 Å². The van der Waals surface area contributed by atoms with Gasteiger partial charge in [0.15, 0.2) is 0 Å². The molecule has 2 amide bonds. The number of hydrogen-bond acceptors (Lipinski definition) is 5. The predicted octanol–water partition coefficient (Wildman–Crippen LogP) is 4.98. The van der Waals surface area contributed by atoms with Crippen LogP contribution in [-0.4, -0.2) is 42.1 Å². The number of benzene rings is 1. The molecule has 0 bridgehead atoms. The summed E-state index contributed by atoms with van der Waals surface area (Å²) in [6.45, 7) is 13.6. The number of methoxy groups -OCH3 is 1. The Balaban J connectivity index is 0.000000492. The van der Waals surface area contributed by atoms with Crippen LogP contribution in [0.15, 0.2) is 35.1 Å². The van der Waals surface area contributed by atoms with Crippen molar-refractivity contribution in [1.82, 2.24) is 15.4 Å². The Morgan fingerprint density at radius 3 is 2.50 bits per heavy atom. The summed E-state index contributed by atoms with van der Waals surface area (Å²) in [6.07, 6.45) is 10.5. The van der Waals surface area contributed by atoms with Crippen molar-refractivity contribution in [1.29, 1.82) is 0 Å². The lowest BCUT2D eigenvalue weighted by atomic mass is 10.1. The van der Waals surface area contributed by atoms with Crippen molar-refractivity contribution in [3.05, 3.63) is 47.3 Å². The molecule has 1 unspecified atom stereocenters. The summed E-state index contributed by atoms with van der Waals surface area (Å²) in [7, 11) is 1.57. The molecule has 2 heterocycles. The van der Waals surface area contributed by atoms with Crippen molar-refractivity contribution in [3.8, 4) is 18.1 Å². The summed E-state index contributed by atoms with van der Waals surface area (Å²) in [5, 5.41) is 6.11. The maximum absolute atomic E-state index is 11.6. The number of terminal acetylenes is 1. The highest BCUT2D eigenvalue weighted by Crippen LogP contribution is 2.20. The van der Waals surface area contributed by atoms with Gasteiger partial charge in [-0.2, -0.15) is 0 Å². The fourth-order valence-corrected chi connectivity index (χ4v) is 3.18. The van der Waals surface area contributed by atoms with Crippen LogP contribution in [-0.2, 0) is 16.1 Å². The molecular formula is C27H41N3O4. The number of amides is 2. The molecule has 7 nitrogen and oxygen atoms in total. The number of carbonyl (C=O) groups is 2. The summed E-state index contributed by atoms with van der Waals surface area (Å²) >= 11 is 0. The van der Waals surface area contributed by atoms with Crippen molar-refractivity contribution in [2.75, 3.05) is 13.7 Å². The SMILES string of the molecule is C#Cc1ccc(CNC=O)c(OC)c1.CC.CC(C)CC(=O)N1CCCC1C.Cc1ccon1. The van der Waals surface area contributed by atoms with E-state index in [-0.39, 0.29) is 0 Å². The van der Waals surface area contributed by atoms with Gasteiger partial charge in [0, 0.05) is 42.7 Å². The average Bonchev–Trinajstić information content (AvgIpc) is 3.50. The van der Waals surface area contributed by atoms with Gasteiger partial charge in [0.05, 0.1) is 12.8 Å². The summed E-state index contributed by atoms with van der Waals surface area (Å²) in [6, 6.07) is 7.70. The zero-order chi connectivity index (χ0) is 25.9. The van der Waals surface area contributed by atoms with E-state index in [2.05, 4.69) is 41.7 Å². The van der Waals surface area contributed by atoms with Crippen LogP contribution in [0.4, 0.5) is 0 Å². The van der Waals surface area contributed by atoms with Gasteiger partial charge in [-0.15, -0.1) is 6.42 Å². The number of rotatable bonds is 6. The van der Waals surface area contributed by atoms with Crippen LogP contribution >= 0.6 is 0 Å². The first-order chi connectivity index (χ1) is 16.3. The summed E-state index contributed by atoms with van der Waals surface area (Å²) < 4.78 is 9.60. The minimum absolute atomic E-state index is 0.343. The van der Waals surface area contributed by atoms with Crippen LogP contribution in [0.1, 0.15) is 70.7 Å². The van der Waals surface area contributed by atoms with E-state index in [0.29, 0.717) is 43.0 Å². The van der Waals surface area contributed by atoms with E-state index in [0.717, 1.165) is 23.4 Å². The molecule has 1 saturated heterocycles. The van der Waals surface area contributed by atoms with Gasteiger partial charge in [0.2, 0.25) is 12.3 Å². The highest BCUT2D eigenvalue weighted by molar-refractivity contribution is 5.76. The Morgan fingerprint density at radius 2 is 2.09 bits per heavy atom. The van der Waals surface area contributed by atoms with Crippen molar-refractivity contribution < 1.29 is 18.8 Å². The number of hydrogen-bond donors (Lipinski definition) is 1. The second-order valence-electron chi connectivity index (χ2n) is 7.99. The highest BCUT2D eigenvalue weighted by Gasteiger charge is 2.24. The Hall–Kier alpha value is -3.27. The van der Waals surface area contributed by atoms with Crippen molar-refractivity contribution in [2.24, 2.45) is 5.92 Å². The number of nitrogens with one attached hydrogen (secondary N) is 1. The maximum atomic E-state index is 11.6. The molecular weight excluding hydrogens is 430 g/mol. The van der Waals surface area contributed by atoms with E-state index in [1.54, 1.807) is 25.5 Å². The monoisotopic (exact) mass is 471 g/mol.